The fraction of sp³-hybridized carbons (Fsp3) is 0.462. The van der Waals surface area contributed by atoms with Crippen molar-refractivity contribution in [1.29, 1.82) is 0 Å². The molecular formula is C13H18N2OS. The largest absolute Gasteiger partial charge is 0.388 e. The van der Waals surface area contributed by atoms with Crippen molar-refractivity contribution in [3.63, 3.8) is 0 Å². The van der Waals surface area contributed by atoms with Crippen molar-refractivity contribution in [2.24, 2.45) is 0 Å². The minimum Gasteiger partial charge on any atom is -0.388 e. The van der Waals surface area contributed by atoms with E-state index in [1.165, 1.54) is 5.56 Å². The SMILES string of the molecule is CC(C)n1cc(C(O)CCc2ccsc2)cn1. The van der Waals surface area contributed by atoms with Crippen molar-refractivity contribution in [3.8, 4) is 0 Å². The molecule has 4 heteroatoms. The molecule has 0 radical (unpaired) electrons. The Morgan fingerprint density at radius 2 is 2.29 bits per heavy atom. The number of thiophene rings is 1. The summed E-state index contributed by atoms with van der Waals surface area (Å²) in [4.78, 5) is 0. The highest BCUT2D eigenvalue weighted by atomic mass is 32.1. The number of aryl methyl sites for hydroxylation is 1. The second-order valence-corrected chi connectivity index (χ2v) is 5.31. The van der Waals surface area contributed by atoms with Crippen LogP contribution in [0.1, 0.15) is 43.5 Å². The average Bonchev–Trinajstić information content (AvgIpc) is 2.96. The van der Waals surface area contributed by atoms with Crippen LogP contribution in [0, 0.1) is 0 Å². The summed E-state index contributed by atoms with van der Waals surface area (Å²) >= 11 is 1.70. The minimum absolute atomic E-state index is 0.341. The number of nitrogens with zero attached hydrogens (tertiary/aromatic N) is 2. The van der Waals surface area contributed by atoms with E-state index in [1.54, 1.807) is 17.5 Å². The summed E-state index contributed by atoms with van der Waals surface area (Å²) in [5.74, 6) is 0. The van der Waals surface area contributed by atoms with Crippen molar-refractivity contribution < 1.29 is 5.11 Å². The fourth-order valence-electron chi connectivity index (χ4n) is 1.71. The second-order valence-electron chi connectivity index (χ2n) is 4.53. The first-order valence-electron chi connectivity index (χ1n) is 5.90. The Balaban J connectivity index is 1.92. The molecule has 0 fully saturated rings. The highest BCUT2D eigenvalue weighted by Crippen LogP contribution is 2.20. The number of aromatic nitrogens is 2. The molecule has 0 amide bonds. The van der Waals surface area contributed by atoms with E-state index >= 15 is 0 Å². The van der Waals surface area contributed by atoms with Crippen LogP contribution in [0.25, 0.3) is 0 Å². The van der Waals surface area contributed by atoms with Gasteiger partial charge >= 0.3 is 0 Å². The summed E-state index contributed by atoms with van der Waals surface area (Å²) < 4.78 is 1.88. The molecule has 92 valence electrons. The molecular weight excluding hydrogens is 232 g/mol. The Kier molecular flexibility index (Phi) is 3.97. The number of hydrogen-bond acceptors (Lipinski definition) is 3. The third-order valence-electron chi connectivity index (χ3n) is 2.82. The van der Waals surface area contributed by atoms with Gasteiger partial charge in [-0.1, -0.05) is 0 Å². The van der Waals surface area contributed by atoms with Crippen molar-refractivity contribution in [3.05, 3.63) is 40.3 Å². The van der Waals surface area contributed by atoms with E-state index in [2.05, 4.69) is 35.8 Å². The van der Waals surface area contributed by atoms with E-state index in [0.29, 0.717) is 6.04 Å². The molecule has 0 aromatic carbocycles. The summed E-state index contributed by atoms with van der Waals surface area (Å²) in [6.45, 7) is 4.16. The van der Waals surface area contributed by atoms with E-state index in [9.17, 15) is 5.11 Å². The molecule has 2 heterocycles. The van der Waals surface area contributed by atoms with Gasteiger partial charge < -0.3 is 5.11 Å². The minimum atomic E-state index is -0.414. The van der Waals surface area contributed by atoms with Gasteiger partial charge in [0.1, 0.15) is 0 Å². The maximum absolute atomic E-state index is 10.1. The van der Waals surface area contributed by atoms with Gasteiger partial charge in [0.05, 0.1) is 12.3 Å². The molecule has 2 rings (SSSR count). The lowest BCUT2D eigenvalue weighted by Gasteiger charge is -2.07. The molecule has 0 bridgehead atoms. The molecule has 0 aliphatic heterocycles. The highest BCUT2D eigenvalue weighted by Gasteiger charge is 2.11. The van der Waals surface area contributed by atoms with Crippen LogP contribution < -0.4 is 0 Å². The molecule has 17 heavy (non-hydrogen) atoms. The van der Waals surface area contributed by atoms with Gasteiger partial charge in [-0.05, 0) is 49.1 Å². The Morgan fingerprint density at radius 3 is 2.88 bits per heavy atom. The lowest BCUT2D eigenvalue weighted by molar-refractivity contribution is 0.167. The normalized spacial score (nSPS) is 13.2. The maximum Gasteiger partial charge on any atom is 0.0823 e. The van der Waals surface area contributed by atoms with Crippen LogP contribution in [0.2, 0.25) is 0 Å². The van der Waals surface area contributed by atoms with E-state index in [-0.39, 0.29) is 0 Å². The number of hydrogen-bond donors (Lipinski definition) is 1. The predicted molar refractivity (Wildman–Crippen MR) is 70.2 cm³/mol. The first kappa shape index (κ1) is 12.3. The van der Waals surface area contributed by atoms with Gasteiger partial charge in [-0.2, -0.15) is 16.4 Å². The monoisotopic (exact) mass is 250 g/mol. The van der Waals surface area contributed by atoms with Gasteiger partial charge in [0, 0.05) is 17.8 Å². The molecule has 2 aromatic heterocycles. The molecule has 0 aliphatic carbocycles. The smallest absolute Gasteiger partial charge is 0.0823 e. The summed E-state index contributed by atoms with van der Waals surface area (Å²) in [5.41, 5.74) is 2.21. The van der Waals surface area contributed by atoms with Crippen LogP contribution >= 0.6 is 11.3 Å². The zero-order chi connectivity index (χ0) is 12.3. The molecule has 1 unspecified atom stereocenters. The van der Waals surface area contributed by atoms with Gasteiger partial charge in [-0.15, -0.1) is 0 Å². The Hall–Kier alpha value is -1.13. The van der Waals surface area contributed by atoms with E-state index < -0.39 is 6.10 Å². The Morgan fingerprint density at radius 1 is 1.47 bits per heavy atom. The van der Waals surface area contributed by atoms with Gasteiger partial charge in [0.2, 0.25) is 0 Å². The molecule has 1 atom stereocenters. The topological polar surface area (TPSA) is 38.0 Å². The standard InChI is InChI=1S/C13H18N2OS/c1-10(2)15-8-12(7-14-15)13(16)4-3-11-5-6-17-9-11/h5-10,13,16H,3-4H2,1-2H3. The van der Waals surface area contributed by atoms with E-state index in [4.69, 9.17) is 0 Å². The van der Waals surface area contributed by atoms with Crippen LogP contribution in [0.15, 0.2) is 29.2 Å². The van der Waals surface area contributed by atoms with Gasteiger partial charge in [-0.3, -0.25) is 4.68 Å². The van der Waals surface area contributed by atoms with Crippen LogP contribution in [0.5, 0.6) is 0 Å². The zero-order valence-electron chi connectivity index (χ0n) is 10.2. The fourth-order valence-corrected chi connectivity index (χ4v) is 2.42. The van der Waals surface area contributed by atoms with Crippen LogP contribution in [-0.2, 0) is 6.42 Å². The quantitative estimate of drug-likeness (QED) is 0.885. The van der Waals surface area contributed by atoms with Crippen LogP contribution in [0.4, 0.5) is 0 Å². The molecule has 2 aromatic rings. The third-order valence-corrected chi connectivity index (χ3v) is 3.55. The van der Waals surface area contributed by atoms with Crippen LogP contribution in [0.3, 0.4) is 0 Å². The summed E-state index contributed by atoms with van der Waals surface area (Å²) in [5, 5.41) is 18.5. The van der Waals surface area contributed by atoms with Crippen molar-refractivity contribution in [2.45, 2.75) is 38.8 Å². The van der Waals surface area contributed by atoms with E-state index in [0.717, 1.165) is 18.4 Å². The molecule has 0 saturated carbocycles. The molecule has 0 aliphatic rings. The summed E-state index contributed by atoms with van der Waals surface area (Å²) in [7, 11) is 0. The van der Waals surface area contributed by atoms with Crippen molar-refractivity contribution in [2.75, 3.05) is 0 Å². The number of aliphatic hydroxyl groups is 1. The number of aliphatic hydroxyl groups excluding tert-OH is 1. The molecule has 1 N–H and O–H groups in total. The van der Waals surface area contributed by atoms with Crippen LogP contribution in [-0.4, -0.2) is 14.9 Å². The third kappa shape index (κ3) is 3.17. The van der Waals surface area contributed by atoms with Gasteiger partial charge in [0.25, 0.3) is 0 Å². The molecule has 0 saturated heterocycles. The highest BCUT2D eigenvalue weighted by molar-refractivity contribution is 7.07. The average molecular weight is 250 g/mol. The summed E-state index contributed by atoms with van der Waals surface area (Å²) in [6, 6.07) is 2.45. The Labute approximate surface area is 106 Å². The lowest BCUT2D eigenvalue weighted by atomic mass is 10.1. The predicted octanol–water partition coefficient (Wildman–Crippen LogP) is 3.19. The van der Waals surface area contributed by atoms with E-state index in [1.807, 2.05) is 10.9 Å². The maximum atomic E-state index is 10.1. The Bertz CT molecular complexity index is 448. The zero-order valence-corrected chi connectivity index (χ0v) is 11.0. The summed E-state index contributed by atoms with van der Waals surface area (Å²) in [6.07, 6.45) is 4.95. The first-order chi connectivity index (χ1) is 8.16. The molecule has 3 nitrogen and oxygen atoms in total. The van der Waals surface area contributed by atoms with Crippen molar-refractivity contribution in [1.82, 2.24) is 9.78 Å². The van der Waals surface area contributed by atoms with Gasteiger partial charge in [-0.25, -0.2) is 0 Å². The van der Waals surface area contributed by atoms with Gasteiger partial charge in [0.15, 0.2) is 0 Å². The lowest BCUT2D eigenvalue weighted by Crippen LogP contribution is -2.01. The number of rotatable bonds is 5. The molecule has 0 spiro atoms. The second kappa shape index (κ2) is 5.47. The van der Waals surface area contributed by atoms with Crippen molar-refractivity contribution >= 4 is 11.3 Å². The first-order valence-corrected chi connectivity index (χ1v) is 6.84.